The molecule has 0 saturated heterocycles. The van der Waals surface area contributed by atoms with E-state index in [0.717, 1.165) is 17.7 Å². The van der Waals surface area contributed by atoms with Crippen LogP contribution < -0.4 is 0 Å². The Morgan fingerprint density at radius 3 is 1.82 bits per heavy atom. The zero-order chi connectivity index (χ0) is 16.4. The van der Waals surface area contributed by atoms with Crippen molar-refractivity contribution in [3.05, 3.63) is 60.2 Å². The molecule has 0 spiro atoms. The molecule has 2 aromatic rings. The Morgan fingerprint density at radius 1 is 0.864 bits per heavy atom. The van der Waals surface area contributed by atoms with Gasteiger partial charge in [-0.2, -0.15) is 13.2 Å². The normalized spacial score (nSPS) is 14.2. The maximum atomic E-state index is 14.4. The highest BCUT2D eigenvalue weighted by molar-refractivity contribution is 5.82. The molecule has 0 aliphatic carbocycles. The van der Waals surface area contributed by atoms with Crippen LogP contribution in [0.2, 0.25) is 0 Å². The average molecular weight is 312 g/mol. The molecule has 116 valence electrons. The molecule has 2 nitrogen and oxygen atoms in total. The fourth-order valence-electron chi connectivity index (χ4n) is 2.06. The number of hydrogen-bond donors (Lipinski definition) is 0. The zero-order valence-electron chi connectivity index (χ0n) is 11.5. The van der Waals surface area contributed by atoms with E-state index in [1.54, 1.807) is 30.3 Å². The minimum atomic E-state index is -5.41. The summed E-state index contributed by atoms with van der Waals surface area (Å²) in [6.45, 7) is 0. The number of carbonyl (C=O) groups excluding carboxylic acids is 1. The number of alkyl halides is 4. The van der Waals surface area contributed by atoms with Crippen LogP contribution in [0.3, 0.4) is 0 Å². The molecule has 6 heteroatoms. The van der Waals surface area contributed by atoms with E-state index in [4.69, 9.17) is 0 Å². The van der Waals surface area contributed by atoms with Gasteiger partial charge in [0.1, 0.15) is 0 Å². The topological polar surface area (TPSA) is 26.3 Å². The lowest BCUT2D eigenvalue weighted by Gasteiger charge is -2.25. The molecular formula is C16H12F4O2. The Bertz CT molecular complexity index is 650. The van der Waals surface area contributed by atoms with Crippen molar-refractivity contribution in [2.75, 3.05) is 7.11 Å². The Labute approximate surface area is 124 Å². The van der Waals surface area contributed by atoms with Gasteiger partial charge in [0.05, 0.1) is 7.11 Å². The van der Waals surface area contributed by atoms with Gasteiger partial charge in [0.2, 0.25) is 0 Å². The second-order valence-corrected chi connectivity index (χ2v) is 4.59. The molecule has 0 unspecified atom stereocenters. The lowest BCUT2D eigenvalue weighted by molar-refractivity contribution is -0.242. The maximum Gasteiger partial charge on any atom is 0.437 e. The molecule has 2 rings (SSSR count). The maximum absolute atomic E-state index is 14.4. The molecule has 0 radical (unpaired) electrons. The molecule has 0 bridgehead atoms. The third-order valence-electron chi connectivity index (χ3n) is 3.25. The minimum absolute atomic E-state index is 0.610. The van der Waals surface area contributed by atoms with Gasteiger partial charge in [-0.25, -0.2) is 9.18 Å². The van der Waals surface area contributed by atoms with Gasteiger partial charge >= 0.3 is 17.8 Å². The summed E-state index contributed by atoms with van der Waals surface area (Å²) in [5.74, 6) is -1.99. The number of halogens is 4. The van der Waals surface area contributed by atoms with Crippen molar-refractivity contribution >= 4 is 5.97 Å². The highest BCUT2D eigenvalue weighted by Crippen LogP contribution is 2.43. The monoisotopic (exact) mass is 312 g/mol. The fourth-order valence-corrected chi connectivity index (χ4v) is 2.06. The molecule has 0 amide bonds. The van der Waals surface area contributed by atoms with Crippen molar-refractivity contribution in [2.24, 2.45) is 0 Å². The van der Waals surface area contributed by atoms with Gasteiger partial charge in [0, 0.05) is 5.56 Å². The fraction of sp³-hybridized carbons (Fsp3) is 0.188. The largest absolute Gasteiger partial charge is 0.466 e. The number of hydrogen-bond acceptors (Lipinski definition) is 2. The smallest absolute Gasteiger partial charge is 0.437 e. The first-order valence-corrected chi connectivity index (χ1v) is 6.30. The molecular weight excluding hydrogens is 300 g/mol. The predicted octanol–water partition coefficient (Wildman–Crippen LogP) is 4.25. The third-order valence-corrected chi connectivity index (χ3v) is 3.25. The quantitative estimate of drug-likeness (QED) is 0.625. The average Bonchev–Trinajstić information content (AvgIpc) is 2.53. The van der Waals surface area contributed by atoms with E-state index in [9.17, 15) is 22.4 Å². The summed E-state index contributed by atoms with van der Waals surface area (Å²) in [7, 11) is 0.709. The Hall–Kier alpha value is -2.37. The van der Waals surface area contributed by atoms with Gasteiger partial charge in [-0.1, -0.05) is 54.6 Å². The number of carbonyl (C=O) groups is 1. The van der Waals surface area contributed by atoms with Gasteiger partial charge in [-0.15, -0.1) is 0 Å². The molecule has 2 aromatic carbocycles. The van der Waals surface area contributed by atoms with Crippen LogP contribution >= 0.6 is 0 Å². The Balaban J connectivity index is 2.45. The van der Waals surface area contributed by atoms with Crippen molar-refractivity contribution in [1.82, 2.24) is 0 Å². The van der Waals surface area contributed by atoms with Crippen molar-refractivity contribution < 1.29 is 27.1 Å². The molecule has 0 aliphatic heterocycles. The molecule has 0 heterocycles. The van der Waals surface area contributed by atoms with E-state index in [1.165, 1.54) is 12.1 Å². The third kappa shape index (κ3) is 2.68. The number of benzene rings is 2. The lowest BCUT2D eigenvalue weighted by atomic mass is 9.93. The molecule has 0 N–H and O–H groups in total. The Kier molecular flexibility index (Phi) is 4.21. The van der Waals surface area contributed by atoms with Gasteiger partial charge < -0.3 is 4.74 Å². The van der Waals surface area contributed by atoms with Crippen LogP contribution in [-0.4, -0.2) is 19.3 Å². The van der Waals surface area contributed by atoms with Gasteiger partial charge in [0.15, 0.2) is 0 Å². The summed E-state index contributed by atoms with van der Waals surface area (Å²) in [4.78, 5) is 11.3. The van der Waals surface area contributed by atoms with Crippen LogP contribution in [0.4, 0.5) is 17.6 Å². The van der Waals surface area contributed by atoms with Crippen LogP contribution in [-0.2, 0) is 15.2 Å². The van der Waals surface area contributed by atoms with Crippen molar-refractivity contribution in [2.45, 2.75) is 11.8 Å². The van der Waals surface area contributed by atoms with Crippen molar-refractivity contribution in [1.29, 1.82) is 0 Å². The first-order valence-electron chi connectivity index (χ1n) is 6.30. The highest BCUT2D eigenvalue weighted by Gasteiger charge is 2.64. The summed E-state index contributed by atoms with van der Waals surface area (Å²) in [6.07, 6.45) is -5.41. The van der Waals surface area contributed by atoms with Gasteiger partial charge in [-0.3, -0.25) is 0 Å². The zero-order valence-corrected chi connectivity index (χ0v) is 11.5. The predicted molar refractivity (Wildman–Crippen MR) is 72.7 cm³/mol. The summed E-state index contributed by atoms with van der Waals surface area (Å²) in [5, 5.41) is 0. The molecule has 0 aromatic heterocycles. The molecule has 0 fully saturated rings. The van der Waals surface area contributed by atoms with Gasteiger partial charge in [-0.05, 0) is 11.1 Å². The van der Waals surface area contributed by atoms with Gasteiger partial charge in [0.25, 0.3) is 0 Å². The van der Waals surface area contributed by atoms with E-state index >= 15 is 0 Å². The van der Waals surface area contributed by atoms with Crippen molar-refractivity contribution in [3.8, 4) is 11.1 Å². The lowest BCUT2D eigenvalue weighted by Crippen LogP contribution is -2.46. The Morgan fingerprint density at radius 2 is 1.36 bits per heavy atom. The number of rotatable bonds is 3. The van der Waals surface area contributed by atoms with Crippen LogP contribution in [0.25, 0.3) is 11.1 Å². The first kappa shape index (κ1) is 16.0. The summed E-state index contributed by atoms with van der Waals surface area (Å²) in [6, 6.07) is 13.4. The van der Waals surface area contributed by atoms with E-state index in [1.807, 2.05) is 0 Å². The molecule has 22 heavy (non-hydrogen) atoms. The number of esters is 1. The standard InChI is InChI=1S/C16H12F4O2/c1-22-14(21)15(17,16(18,19)20)13-9-7-12(8-10-13)11-5-3-2-4-6-11/h2-10H,1H3/t15-/m1/s1. The highest BCUT2D eigenvalue weighted by atomic mass is 19.4. The molecule has 0 aliphatic rings. The van der Waals surface area contributed by atoms with E-state index in [-0.39, 0.29) is 0 Å². The summed E-state index contributed by atoms with van der Waals surface area (Å²) >= 11 is 0. The second-order valence-electron chi connectivity index (χ2n) is 4.59. The summed E-state index contributed by atoms with van der Waals surface area (Å²) in [5.41, 5.74) is -3.62. The van der Waals surface area contributed by atoms with Crippen molar-refractivity contribution in [3.63, 3.8) is 0 Å². The van der Waals surface area contributed by atoms with Crippen LogP contribution in [0.15, 0.2) is 54.6 Å². The minimum Gasteiger partial charge on any atom is -0.466 e. The van der Waals surface area contributed by atoms with Crippen LogP contribution in [0.5, 0.6) is 0 Å². The number of methoxy groups -OCH3 is 1. The van der Waals surface area contributed by atoms with Crippen LogP contribution in [0, 0.1) is 0 Å². The molecule has 0 saturated carbocycles. The summed E-state index contributed by atoms with van der Waals surface area (Å²) < 4.78 is 57.3. The number of ether oxygens (including phenoxy) is 1. The SMILES string of the molecule is COC(=O)[C@](F)(c1ccc(-c2ccccc2)cc1)C(F)(F)F. The van der Waals surface area contributed by atoms with E-state index in [0.29, 0.717) is 12.7 Å². The second kappa shape index (κ2) is 5.79. The van der Waals surface area contributed by atoms with E-state index < -0.39 is 23.4 Å². The van der Waals surface area contributed by atoms with E-state index in [2.05, 4.69) is 4.74 Å². The van der Waals surface area contributed by atoms with Crippen LogP contribution in [0.1, 0.15) is 5.56 Å². The molecule has 1 atom stereocenters. The first-order chi connectivity index (χ1) is 10.3.